The number of primary amides is 1. The van der Waals surface area contributed by atoms with Gasteiger partial charge in [-0.25, -0.2) is 0 Å². The normalized spacial score (nSPS) is 9.11. The predicted molar refractivity (Wildman–Crippen MR) is 74.6 cm³/mol. The van der Waals surface area contributed by atoms with E-state index in [1.54, 1.807) is 36.4 Å². The number of rotatable bonds is 1. The number of hydrogen-bond donors (Lipinski definition) is 4. The van der Waals surface area contributed by atoms with Crippen molar-refractivity contribution in [3.8, 4) is 0 Å². The van der Waals surface area contributed by atoms with Crippen LogP contribution in [0.5, 0.6) is 0 Å². The first-order chi connectivity index (χ1) is 8.50. The van der Waals surface area contributed by atoms with E-state index in [1.165, 1.54) is 0 Å². The minimum atomic E-state index is -0.431. The second-order valence-electron chi connectivity index (χ2n) is 3.62. The SMILES string of the molecule is NC(=O)c1ccc(N)cc1.Nc1ccccc1N. The van der Waals surface area contributed by atoms with Gasteiger partial charge in [0.2, 0.25) is 5.91 Å². The topological polar surface area (TPSA) is 121 Å². The molecule has 0 aromatic heterocycles. The molecule has 0 saturated carbocycles. The zero-order valence-electron chi connectivity index (χ0n) is 9.84. The van der Waals surface area contributed by atoms with Crippen molar-refractivity contribution in [2.24, 2.45) is 5.73 Å². The lowest BCUT2D eigenvalue weighted by molar-refractivity contribution is 0.100. The molecule has 5 heteroatoms. The van der Waals surface area contributed by atoms with Crippen molar-refractivity contribution in [2.75, 3.05) is 17.2 Å². The zero-order valence-corrected chi connectivity index (χ0v) is 9.84. The lowest BCUT2D eigenvalue weighted by atomic mass is 10.2. The first-order valence-corrected chi connectivity index (χ1v) is 5.26. The van der Waals surface area contributed by atoms with Crippen LogP contribution in [0.15, 0.2) is 48.5 Å². The molecule has 8 N–H and O–H groups in total. The van der Waals surface area contributed by atoms with Crippen molar-refractivity contribution < 1.29 is 4.79 Å². The summed E-state index contributed by atoms with van der Waals surface area (Å²) in [6.45, 7) is 0. The van der Waals surface area contributed by atoms with Crippen LogP contribution in [-0.2, 0) is 0 Å². The lowest BCUT2D eigenvalue weighted by Gasteiger charge is -1.94. The van der Waals surface area contributed by atoms with Crippen LogP contribution < -0.4 is 22.9 Å². The molecule has 94 valence electrons. The molecular formula is C13H16N4O. The fraction of sp³-hybridized carbons (Fsp3) is 0. The third-order valence-corrected chi connectivity index (χ3v) is 2.19. The third kappa shape index (κ3) is 4.05. The van der Waals surface area contributed by atoms with Gasteiger partial charge >= 0.3 is 0 Å². The maximum atomic E-state index is 10.5. The van der Waals surface area contributed by atoms with Crippen LogP contribution in [0.25, 0.3) is 0 Å². The number of hydrogen-bond acceptors (Lipinski definition) is 4. The van der Waals surface area contributed by atoms with Gasteiger partial charge in [0.05, 0.1) is 11.4 Å². The molecule has 5 nitrogen and oxygen atoms in total. The van der Waals surface area contributed by atoms with Gasteiger partial charge in [-0.2, -0.15) is 0 Å². The van der Waals surface area contributed by atoms with Crippen LogP contribution in [0.1, 0.15) is 10.4 Å². The maximum Gasteiger partial charge on any atom is 0.248 e. The Morgan fingerprint density at radius 3 is 1.56 bits per heavy atom. The van der Waals surface area contributed by atoms with E-state index < -0.39 is 5.91 Å². The molecule has 2 aromatic carbocycles. The Kier molecular flexibility index (Phi) is 4.57. The second-order valence-corrected chi connectivity index (χ2v) is 3.62. The highest BCUT2D eigenvalue weighted by Crippen LogP contribution is 2.10. The Labute approximate surface area is 105 Å². The summed E-state index contributed by atoms with van der Waals surface area (Å²) < 4.78 is 0. The molecule has 18 heavy (non-hydrogen) atoms. The summed E-state index contributed by atoms with van der Waals surface area (Å²) in [7, 11) is 0. The van der Waals surface area contributed by atoms with Gasteiger partial charge in [0.1, 0.15) is 0 Å². The Balaban J connectivity index is 0.000000184. The monoisotopic (exact) mass is 244 g/mol. The third-order valence-electron chi connectivity index (χ3n) is 2.19. The summed E-state index contributed by atoms with van der Waals surface area (Å²) >= 11 is 0. The van der Waals surface area contributed by atoms with Crippen molar-refractivity contribution in [3.63, 3.8) is 0 Å². The van der Waals surface area contributed by atoms with Crippen molar-refractivity contribution in [1.82, 2.24) is 0 Å². The van der Waals surface area contributed by atoms with E-state index in [4.69, 9.17) is 22.9 Å². The summed E-state index contributed by atoms with van der Waals surface area (Å²) in [5.41, 5.74) is 23.6. The molecule has 0 heterocycles. The molecule has 0 fully saturated rings. The van der Waals surface area contributed by atoms with Gasteiger partial charge in [-0.1, -0.05) is 12.1 Å². The summed E-state index contributed by atoms with van der Waals surface area (Å²) in [5.74, 6) is -0.431. The molecular weight excluding hydrogens is 228 g/mol. The lowest BCUT2D eigenvalue weighted by Crippen LogP contribution is -2.10. The van der Waals surface area contributed by atoms with Gasteiger partial charge in [-0.15, -0.1) is 0 Å². The summed E-state index contributed by atoms with van der Waals surface area (Å²) in [5, 5.41) is 0. The summed E-state index contributed by atoms with van der Waals surface area (Å²) in [4.78, 5) is 10.5. The fourth-order valence-electron chi connectivity index (χ4n) is 1.16. The molecule has 0 aliphatic rings. The number of para-hydroxylation sites is 2. The molecule has 0 atom stereocenters. The van der Waals surface area contributed by atoms with Gasteiger partial charge in [0.25, 0.3) is 0 Å². The number of carbonyl (C=O) groups is 1. The second kappa shape index (κ2) is 6.15. The first kappa shape index (κ1) is 13.4. The van der Waals surface area contributed by atoms with Gasteiger partial charge in [-0.3, -0.25) is 4.79 Å². The van der Waals surface area contributed by atoms with Crippen molar-refractivity contribution >= 4 is 23.0 Å². The molecule has 0 aliphatic carbocycles. The van der Waals surface area contributed by atoms with Crippen molar-refractivity contribution in [2.45, 2.75) is 0 Å². The predicted octanol–water partition coefficient (Wildman–Crippen LogP) is 1.22. The average molecular weight is 244 g/mol. The highest BCUT2D eigenvalue weighted by molar-refractivity contribution is 5.93. The van der Waals surface area contributed by atoms with Crippen molar-refractivity contribution in [1.29, 1.82) is 0 Å². The molecule has 0 radical (unpaired) electrons. The molecule has 0 unspecified atom stereocenters. The van der Waals surface area contributed by atoms with Gasteiger partial charge in [0.15, 0.2) is 0 Å². The van der Waals surface area contributed by atoms with E-state index in [1.807, 2.05) is 12.1 Å². The van der Waals surface area contributed by atoms with Crippen LogP contribution in [0, 0.1) is 0 Å². The van der Waals surface area contributed by atoms with E-state index in [2.05, 4.69) is 0 Å². The number of benzene rings is 2. The standard InChI is InChI=1S/C7H8N2O.C6H8N2/c8-6-3-1-5(2-4-6)7(9)10;7-5-3-1-2-4-6(5)8/h1-4H,8H2,(H2,9,10);1-4H,7-8H2. The van der Waals surface area contributed by atoms with Crippen molar-refractivity contribution in [3.05, 3.63) is 54.1 Å². The molecule has 0 spiro atoms. The van der Waals surface area contributed by atoms with Gasteiger partial charge < -0.3 is 22.9 Å². The van der Waals surface area contributed by atoms with Crippen LogP contribution in [0.4, 0.5) is 17.1 Å². The van der Waals surface area contributed by atoms with Gasteiger partial charge in [-0.05, 0) is 36.4 Å². The Hall–Kier alpha value is -2.69. The summed E-state index contributed by atoms with van der Waals surface area (Å²) in [6, 6.07) is 13.7. The number of carbonyl (C=O) groups excluding carboxylic acids is 1. The number of nitrogen functional groups attached to an aromatic ring is 3. The zero-order chi connectivity index (χ0) is 13.5. The number of amides is 1. The summed E-state index contributed by atoms with van der Waals surface area (Å²) in [6.07, 6.45) is 0. The Morgan fingerprint density at radius 2 is 1.22 bits per heavy atom. The van der Waals surface area contributed by atoms with Crippen LogP contribution in [0.3, 0.4) is 0 Å². The molecule has 2 aromatic rings. The molecule has 0 bridgehead atoms. The largest absolute Gasteiger partial charge is 0.399 e. The van der Waals surface area contributed by atoms with Crippen LogP contribution in [0.2, 0.25) is 0 Å². The smallest absolute Gasteiger partial charge is 0.248 e. The Bertz CT molecular complexity index is 502. The van der Waals surface area contributed by atoms with E-state index in [9.17, 15) is 4.79 Å². The van der Waals surface area contributed by atoms with Crippen LogP contribution in [-0.4, -0.2) is 5.91 Å². The minimum absolute atomic E-state index is 0.431. The van der Waals surface area contributed by atoms with E-state index in [0.717, 1.165) is 0 Å². The van der Waals surface area contributed by atoms with Crippen LogP contribution >= 0.6 is 0 Å². The number of nitrogens with two attached hydrogens (primary N) is 4. The highest BCUT2D eigenvalue weighted by atomic mass is 16.1. The highest BCUT2D eigenvalue weighted by Gasteiger charge is 1.96. The fourth-order valence-corrected chi connectivity index (χ4v) is 1.16. The number of anilines is 3. The first-order valence-electron chi connectivity index (χ1n) is 5.26. The van der Waals surface area contributed by atoms with E-state index in [-0.39, 0.29) is 0 Å². The Morgan fingerprint density at radius 1 is 0.778 bits per heavy atom. The molecule has 0 aliphatic heterocycles. The van der Waals surface area contributed by atoms with Gasteiger partial charge in [0, 0.05) is 11.3 Å². The average Bonchev–Trinajstić information content (AvgIpc) is 2.34. The maximum absolute atomic E-state index is 10.5. The molecule has 2 rings (SSSR count). The molecule has 1 amide bonds. The minimum Gasteiger partial charge on any atom is -0.399 e. The van der Waals surface area contributed by atoms with E-state index in [0.29, 0.717) is 22.6 Å². The quantitative estimate of drug-likeness (QED) is 0.563. The van der Waals surface area contributed by atoms with E-state index >= 15 is 0 Å². The molecule has 0 saturated heterocycles.